The van der Waals surface area contributed by atoms with E-state index in [9.17, 15) is 5.11 Å². The molecule has 2 N–H and O–H groups in total. The zero-order chi connectivity index (χ0) is 25.2. The van der Waals surface area contributed by atoms with Crippen LogP contribution in [0.1, 0.15) is 37.2 Å². The van der Waals surface area contributed by atoms with E-state index in [1.54, 1.807) is 26.1 Å². The summed E-state index contributed by atoms with van der Waals surface area (Å²) in [6.45, 7) is 1.14. The first-order chi connectivity index (χ1) is 16.4. The number of benzene rings is 1. The van der Waals surface area contributed by atoms with Crippen molar-refractivity contribution in [1.29, 1.82) is 0 Å². The highest BCUT2D eigenvalue weighted by molar-refractivity contribution is 5.69. The molecular weight excluding hydrogens is 413 g/mol. The first-order valence-corrected chi connectivity index (χ1v) is 10.4. The number of aromatic nitrogens is 7. The topological polar surface area (TPSA) is 118 Å². The van der Waals surface area contributed by atoms with Gasteiger partial charge in [-0.3, -0.25) is 0 Å². The Balaban J connectivity index is 1.45. The summed E-state index contributed by atoms with van der Waals surface area (Å²) < 4.78 is 40.0. The van der Waals surface area contributed by atoms with E-state index in [0.29, 0.717) is 29.8 Å². The molecular formula is C21H26FN9O. The molecule has 4 atom stereocenters. The number of hydrogen-bond donors (Lipinski definition) is 2. The normalized spacial score (nSPS) is 31.1. The molecule has 10 nitrogen and oxygen atoms in total. The fraction of sp³-hybridized carbons (Fsp3) is 0.524. The summed E-state index contributed by atoms with van der Waals surface area (Å²) >= 11 is 0. The van der Waals surface area contributed by atoms with Gasteiger partial charge in [-0.1, -0.05) is 6.07 Å². The van der Waals surface area contributed by atoms with Gasteiger partial charge in [-0.15, -0.1) is 20.4 Å². The third-order valence-electron chi connectivity index (χ3n) is 6.52. The molecule has 2 aliphatic rings. The number of tetrazole rings is 1. The van der Waals surface area contributed by atoms with E-state index in [0.717, 1.165) is 11.3 Å². The average Bonchev–Trinajstić information content (AvgIpc) is 3.33. The van der Waals surface area contributed by atoms with E-state index < -0.39 is 24.7 Å². The number of nitrogens with one attached hydrogen (secondary N) is 1. The predicted molar refractivity (Wildman–Crippen MR) is 116 cm³/mol. The number of aryl methyl sites for hydroxylation is 1. The van der Waals surface area contributed by atoms with Gasteiger partial charge in [0.05, 0.1) is 24.8 Å². The highest BCUT2D eigenvalue weighted by Crippen LogP contribution is 2.45. The fourth-order valence-electron chi connectivity index (χ4n) is 4.85. The van der Waals surface area contributed by atoms with Crippen LogP contribution in [-0.4, -0.2) is 70.8 Å². The van der Waals surface area contributed by atoms with Gasteiger partial charge in [-0.05, 0) is 50.5 Å². The molecule has 11 heteroatoms. The summed E-state index contributed by atoms with van der Waals surface area (Å²) in [5, 5.41) is 33.8. The Kier molecular flexibility index (Phi) is 3.88. The largest absolute Gasteiger partial charge is 0.507 e. The lowest BCUT2D eigenvalue weighted by atomic mass is 9.82. The van der Waals surface area contributed by atoms with Gasteiger partial charge < -0.3 is 15.3 Å². The Bertz CT molecular complexity index is 1250. The van der Waals surface area contributed by atoms with Crippen LogP contribution in [0, 0.1) is 0 Å². The van der Waals surface area contributed by atoms with Gasteiger partial charge in [0.1, 0.15) is 11.9 Å². The van der Waals surface area contributed by atoms with Gasteiger partial charge in [-0.25, -0.2) is 9.37 Å². The van der Waals surface area contributed by atoms with Gasteiger partial charge in [0.15, 0.2) is 11.6 Å². The molecule has 32 heavy (non-hydrogen) atoms. The van der Waals surface area contributed by atoms with Gasteiger partial charge >= 0.3 is 0 Å². The third kappa shape index (κ3) is 3.36. The van der Waals surface area contributed by atoms with Gasteiger partial charge in [0, 0.05) is 27.7 Å². The smallest absolute Gasteiger partial charge is 0.205 e. The SMILES string of the molecule is [2H]C([2H])([2H])N(c1cnc(-c2ccc(-c3nnn(C)n3)cc2O)nn1)[C@@H]1C[C@@]2(C)CC[C@](C)(N2)[C@@H]1F. The standard InChI is InChI=1S/C21H26FN9O/c1-20-7-8-21(2,28-20)17(22)14(10-20)30(3)16-11-23-19(25-24-16)13-6-5-12(9-15(13)32)18-26-29-31(4)27-18/h5-6,9,11,14,17,28,32H,7-8,10H2,1-4H3/t14-,17-,20-,21+/m1/s1/i3D3. The number of phenolic OH excluding ortho intramolecular Hbond substituents is 1. The Morgan fingerprint density at radius 1 is 1.25 bits per heavy atom. The van der Waals surface area contributed by atoms with E-state index in [1.165, 1.54) is 17.1 Å². The Labute approximate surface area is 189 Å². The van der Waals surface area contributed by atoms with E-state index in [-0.39, 0.29) is 22.9 Å². The number of aromatic hydroxyl groups is 1. The van der Waals surface area contributed by atoms with Gasteiger partial charge in [0.25, 0.3) is 0 Å². The van der Waals surface area contributed by atoms with Crippen LogP contribution in [0.15, 0.2) is 24.4 Å². The highest BCUT2D eigenvalue weighted by Gasteiger charge is 2.56. The summed E-state index contributed by atoms with van der Waals surface area (Å²) in [7, 11) is 1.63. The number of piperidine rings is 1. The van der Waals surface area contributed by atoms with Crippen LogP contribution in [0.25, 0.3) is 22.8 Å². The number of hydrogen-bond acceptors (Lipinski definition) is 9. The van der Waals surface area contributed by atoms with Crippen molar-refractivity contribution in [1.82, 2.24) is 40.7 Å². The number of anilines is 1. The van der Waals surface area contributed by atoms with Crippen molar-refractivity contribution in [3.05, 3.63) is 24.4 Å². The molecule has 0 spiro atoms. The molecule has 0 amide bonds. The molecule has 0 radical (unpaired) electrons. The second-order valence-corrected chi connectivity index (χ2v) is 9.12. The van der Waals surface area contributed by atoms with E-state index in [1.807, 2.05) is 6.92 Å². The Hall–Kier alpha value is -3.21. The van der Waals surface area contributed by atoms with Gasteiger partial charge in [-0.2, -0.15) is 4.80 Å². The zero-order valence-corrected chi connectivity index (χ0v) is 18.0. The van der Waals surface area contributed by atoms with Crippen molar-refractivity contribution in [2.45, 2.75) is 56.4 Å². The number of phenols is 1. The Morgan fingerprint density at radius 3 is 2.75 bits per heavy atom. The fourth-order valence-corrected chi connectivity index (χ4v) is 4.85. The molecule has 3 aromatic rings. The summed E-state index contributed by atoms with van der Waals surface area (Å²) in [4.78, 5) is 6.57. The van der Waals surface area contributed by atoms with Crippen molar-refractivity contribution in [2.24, 2.45) is 7.05 Å². The molecule has 168 valence electrons. The monoisotopic (exact) mass is 442 g/mol. The number of halogens is 1. The van der Waals surface area contributed by atoms with Gasteiger partial charge in [0.2, 0.25) is 5.82 Å². The first-order valence-electron chi connectivity index (χ1n) is 11.9. The number of alkyl halides is 1. The lowest BCUT2D eigenvalue weighted by molar-refractivity contribution is 0.0859. The van der Waals surface area contributed by atoms with E-state index in [4.69, 9.17) is 4.11 Å². The summed E-state index contributed by atoms with van der Waals surface area (Å²) in [5.41, 5.74) is -0.333. The van der Waals surface area contributed by atoms with Crippen LogP contribution in [0.4, 0.5) is 10.2 Å². The van der Waals surface area contributed by atoms with Crippen molar-refractivity contribution < 1.29 is 13.6 Å². The lowest BCUT2D eigenvalue weighted by Crippen LogP contribution is -2.65. The van der Waals surface area contributed by atoms with Crippen molar-refractivity contribution >= 4 is 5.82 Å². The van der Waals surface area contributed by atoms with Crippen LogP contribution in [0.5, 0.6) is 5.75 Å². The predicted octanol–water partition coefficient (Wildman–Crippen LogP) is 1.88. The minimum atomic E-state index is -2.65. The summed E-state index contributed by atoms with van der Waals surface area (Å²) in [6, 6.07) is 3.80. The van der Waals surface area contributed by atoms with Crippen molar-refractivity contribution in [3.63, 3.8) is 0 Å². The molecule has 4 heterocycles. The maximum Gasteiger partial charge on any atom is 0.205 e. The van der Waals surface area contributed by atoms with Crippen LogP contribution in [-0.2, 0) is 7.05 Å². The lowest BCUT2D eigenvalue weighted by Gasteiger charge is -2.47. The molecule has 2 aromatic heterocycles. The molecule has 1 aromatic carbocycles. The number of nitrogens with zero attached hydrogens (tertiary/aromatic N) is 8. The molecule has 2 fully saturated rings. The second-order valence-electron chi connectivity index (χ2n) is 9.12. The van der Waals surface area contributed by atoms with Crippen molar-refractivity contribution in [3.8, 4) is 28.5 Å². The molecule has 2 aliphatic heterocycles. The molecule has 0 saturated carbocycles. The van der Waals surface area contributed by atoms with Crippen LogP contribution < -0.4 is 10.2 Å². The maximum atomic E-state index is 15.7. The minimum absolute atomic E-state index is 0.0465. The second kappa shape index (κ2) is 7.16. The van der Waals surface area contributed by atoms with Crippen molar-refractivity contribution in [2.75, 3.05) is 11.9 Å². The number of rotatable bonds is 4. The molecule has 2 bridgehead atoms. The first kappa shape index (κ1) is 17.4. The third-order valence-corrected chi connectivity index (χ3v) is 6.52. The maximum absolute atomic E-state index is 15.7. The van der Waals surface area contributed by atoms with Crippen LogP contribution in [0.3, 0.4) is 0 Å². The van der Waals surface area contributed by atoms with E-state index in [2.05, 4.69) is 35.9 Å². The quantitative estimate of drug-likeness (QED) is 0.624. The zero-order valence-electron chi connectivity index (χ0n) is 21.0. The van der Waals surface area contributed by atoms with E-state index >= 15 is 4.39 Å². The van der Waals surface area contributed by atoms with Crippen LogP contribution in [0.2, 0.25) is 0 Å². The molecule has 5 rings (SSSR count). The molecule has 2 saturated heterocycles. The minimum Gasteiger partial charge on any atom is -0.507 e. The average molecular weight is 443 g/mol. The summed E-state index contributed by atoms with van der Waals surface area (Å²) in [6.07, 6.45) is 1.53. The summed E-state index contributed by atoms with van der Waals surface area (Å²) in [5.74, 6) is 0.263. The number of fused-ring (bicyclic) bond motifs is 2. The molecule has 0 aliphatic carbocycles. The Morgan fingerprint density at radius 2 is 2.09 bits per heavy atom. The molecule has 0 unspecified atom stereocenters. The van der Waals surface area contributed by atoms with Crippen LogP contribution >= 0.6 is 0 Å². The highest BCUT2D eigenvalue weighted by atomic mass is 19.1.